The van der Waals surface area contributed by atoms with E-state index >= 15 is 0 Å². The SMILES string of the molecule is COc1cccc(OCCC2CCc3cc([C@H]4CC[C@](N)(COP(=O)(O)O)C4)ccc3C2)c1. The molecule has 0 aliphatic heterocycles. The van der Waals surface area contributed by atoms with Crippen molar-refractivity contribution in [2.24, 2.45) is 11.7 Å². The maximum absolute atomic E-state index is 11.0. The first-order valence-corrected chi connectivity index (χ1v) is 13.1. The average Bonchev–Trinajstić information content (AvgIpc) is 3.20. The minimum atomic E-state index is -4.50. The van der Waals surface area contributed by atoms with Gasteiger partial charge < -0.3 is 25.0 Å². The Hall–Kier alpha value is -1.89. The number of methoxy groups -OCH3 is 1. The van der Waals surface area contributed by atoms with E-state index in [1.807, 2.05) is 24.3 Å². The Bertz CT molecular complexity index is 1010. The molecule has 8 heteroatoms. The number of ether oxygens (including phenoxy) is 2. The van der Waals surface area contributed by atoms with Gasteiger partial charge in [-0.05, 0) is 85.6 Å². The fraction of sp³-hybridized carbons (Fsp3) is 0.520. The van der Waals surface area contributed by atoms with E-state index in [1.54, 1.807) is 7.11 Å². The topological polar surface area (TPSA) is 111 Å². The van der Waals surface area contributed by atoms with Crippen LogP contribution in [0.15, 0.2) is 42.5 Å². The number of benzene rings is 2. The van der Waals surface area contributed by atoms with Crippen molar-refractivity contribution in [2.75, 3.05) is 20.3 Å². The van der Waals surface area contributed by atoms with Gasteiger partial charge in [0.2, 0.25) is 0 Å². The first-order valence-electron chi connectivity index (χ1n) is 11.6. The number of nitrogens with two attached hydrogens (primary N) is 1. The van der Waals surface area contributed by atoms with Crippen molar-refractivity contribution in [3.63, 3.8) is 0 Å². The van der Waals surface area contributed by atoms with Crippen LogP contribution in [0.3, 0.4) is 0 Å². The summed E-state index contributed by atoms with van der Waals surface area (Å²) >= 11 is 0. The van der Waals surface area contributed by atoms with Gasteiger partial charge >= 0.3 is 7.82 Å². The molecule has 2 aliphatic rings. The summed E-state index contributed by atoms with van der Waals surface area (Å²) in [6, 6.07) is 14.5. The van der Waals surface area contributed by atoms with E-state index in [2.05, 4.69) is 18.2 Å². The Balaban J connectivity index is 1.29. The van der Waals surface area contributed by atoms with Gasteiger partial charge in [-0.15, -0.1) is 0 Å². The van der Waals surface area contributed by atoms with Crippen LogP contribution in [0.1, 0.15) is 54.7 Å². The summed E-state index contributed by atoms with van der Waals surface area (Å²) < 4.78 is 26.9. The lowest BCUT2D eigenvalue weighted by Gasteiger charge is -2.27. The maximum atomic E-state index is 11.0. The highest BCUT2D eigenvalue weighted by Gasteiger charge is 2.38. The summed E-state index contributed by atoms with van der Waals surface area (Å²) in [6.45, 7) is 0.584. The van der Waals surface area contributed by atoms with Gasteiger partial charge in [0.25, 0.3) is 0 Å². The monoisotopic (exact) mass is 475 g/mol. The van der Waals surface area contributed by atoms with Gasteiger partial charge in [0.05, 0.1) is 20.3 Å². The van der Waals surface area contributed by atoms with Crippen LogP contribution in [-0.2, 0) is 21.9 Å². The molecule has 0 spiro atoms. The van der Waals surface area contributed by atoms with E-state index in [1.165, 1.54) is 16.7 Å². The zero-order chi connectivity index (χ0) is 23.5. The Morgan fingerprint density at radius 2 is 1.94 bits per heavy atom. The fourth-order valence-electron chi connectivity index (χ4n) is 5.17. The largest absolute Gasteiger partial charge is 0.497 e. The molecule has 0 bridgehead atoms. The average molecular weight is 476 g/mol. The quantitative estimate of drug-likeness (QED) is 0.463. The number of hydrogen-bond acceptors (Lipinski definition) is 5. The Morgan fingerprint density at radius 1 is 1.12 bits per heavy atom. The molecule has 2 aromatic carbocycles. The highest BCUT2D eigenvalue weighted by atomic mass is 31.2. The molecule has 1 fully saturated rings. The second-order valence-corrected chi connectivity index (χ2v) is 10.8. The Kier molecular flexibility index (Phi) is 7.46. The standard InChI is InChI=1S/C25H34NO6P/c1-30-23-3-2-4-24(15-23)31-12-10-18-5-6-20-14-21(8-7-19(20)13-18)22-9-11-25(26,16-22)17-32-33(27,28)29/h2-4,7-8,14-15,18,22H,5-6,9-13,16-17,26H2,1H3,(H2,27,28,29)/t18?,22-,25+/m0/s1. The van der Waals surface area contributed by atoms with Crippen LogP contribution in [0.5, 0.6) is 11.5 Å². The van der Waals surface area contributed by atoms with Gasteiger partial charge in [-0.2, -0.15) is 0 Å². The molecule has 0 aromatic heterocycles. The summed E-state index contributed by atoms with van der Waals surface area (Å²) in [5.41, 5.74) is 9.79. The lowest BCUT2D eigenvalue weighted by Crippen LogP contribution is -2.41. The lowest BCUT2D eigenvalue weighted by atomic mass is 9.80. The molecule has 0 radical (unpaired) electrons. The molecule has 1 saturated carbocycles. The predicted molar refractivity (Wildman–Crippen MR) is 127 cm³/mol. The van der Waals surface area contributed by atoms with Gasteiger partial charge in [-0.25, -0.2) is 4.57 Å². The van der Waals surface area contributed by atoms with Crippen molar-refractivity contribution >= 4 is 7.82 Å². The van der Waals surface area contributed by atoms with Crippen LogP contribution in [-0.4, -0.2) is 35.6 Å². The minimum Gasteiger partial charge on any atom is -0.497 e. The van der Waals surface area contributed by atoms with Crippen LogP contribution in [0.25, 0.3) is 0 Å². The number of rotatable bonds is 9. The number of aryl methyl sites for hydroxylation is 1. The second-order valence-electron chi connectivity index (χ2n) is 9.52. The minimum absolute atomic E-state index is 0.113. The van der Waals surface area contributed by atoms with Crippen LogP contribution in [0.2, 0.25) is 0 Å². The van der Waals surface area contributed by atoms with Crippen molar-refractivity contribution in [1.82, 2.24) is 0 Å². The molecular weight excluding hydrogens is 441 g/mol. The first kappa shape index (κ1) is 24.2. The number of phosphoric acid groups is 1. The summed E-state index contributed by atoms with van der Waals surface area (Å²) in [4.78, 5) is 18.0. The molecular formula is C25H34NO6P. The van der Waals surface area contributed by atoms with E-state index in [0.717, 1.165) is 43.6 Å². The molecule has 2 aliphatic carbocycles. The Morgan fingerprint density at radius 3 is 2.73 bits per heavy atom. The molecule has 4 rings (SSSR count). The Labute approximate surface area is 195 Å². The molecule has 180 valence electrons. The number of fused-ring (bicyclic) bond motifs is 1. The van der Waals surface area contributed by atoms with Crippen molar-refractivity contribution in [3.05, 3.63) is 59.2 Å². The molecule has 33 heavy (non-hydrogen) atoms. The molecule has 0 amide bonds. The third-order valence-corrected chi connectivity index (χ3v) is 7.50. The normalized spacial score (nSPS) is 25.0. The molecule has 4 N–H and O–H groups in total. The van der Waals surface area contributed by atoms with Crippen molar-refractivity contribution in [2.45, 2.75) is 56.4 Å². The smallest absolute Gasteiger partial charge is 0.469 e. The van der Waals surface area contributed by atoms with Crippen molar-refractivity contribution in [1.29, 1.82) is 0 Å². The second kappa shape index (κ2) is 10.2. The zero-order valence-electron chi connectivity index (χ0n) is 19.1. The maximum Gasteiger partial charge on any atom is 0.469 e. The van der Waals surface area contributed by atoms with Gasteiger partial charge in [-0.3, -0.25) is 4.52 Å². The zero-order valence-corrected chi connectivity index (χ0v) is 20.0. The highest BCUT2D eigenvalue weighted by molar-refractivity contribution is 7.46. The summed E-state index contributed by atoms with van der Waals surface area (Å²) in [7, 11) is -2.84. The van der Waals surface area contributed by atoms with E-state index in [9.17, 15) is 4.57 Å². The van der Waals surface area contributed by atoms with E-state index < -0.39 is 13.4 Å². The highest BCUT2D eigenvalue weighted by Crippen LogP contribution is 2.44. The van der Waals surface area contributed by atoms with Crippen LogP contribution in [0.4, 0.5) is 0 Å². The molecule has 3 atom stereocenters. The van der Waals surface area contributed by atoms with Gasteiger partial charge in [0.15, 0.2) is 0 Å². The van der Waals surface area contributed by atoms with Crippen molar-refractivity contribution in [3.8, 4) is 11.5 Å². The van der Waals surface area contributed by atoms with E-state index in [4.69, 9.17) is 29.5 Å². The number of phosphoric ester groups is 1. The third kappa shape index (κ3) is 6.58. The molecule has 7 nitrogen and oxygen atoms in total. The fourth-order valence-corrected chi connectivity index (χ4v) is 5.60. The molecule has 2 aromatic rings. The number of hydrogen-bond donors (Lipinski definition) is 3. The lowest BCUT2D eigenvalue weighted by molar-refractivity contribution is 0.153. The van der Waals surface area contributed by atoms with Crippen LogP contribution < -0.4 is 15.2 Å². The third-order valence-electron chi connectivity index (χ3n) is 7.03. The van der Waals surface area contributed by atoms with E-state index in [0.29, 0.717) is 31.3 Å². The predicted octanol–water partition coefficient (Wildman–Crippen LogP) is 4.34. The van der Waals surface area contributed by atoms with E-state index in [-0.39, 0.29) is 6.61 Å². The molecule has 0 saturated heterocycles. The van der Waals surface area contributed by atoms with Crippen LogP contribution >= 0.6 is 7.82 Å². The molecule has 1 unspecified atom stereocenters. The summed E-state index contributed by atoms with van der Waals surface area (Å²) in [5.74, 6) is 2.56. The summed E-state index contributed by atoms with van der Waals surface area (Å²) in [5, 5.41) is 0. The first-order chi connectivity index (χ1) is 15.7. The van der Waals surface area contributed by atoms with Crippen molar-refractivity contribution < 1.29 is 28.3 Å². The molecule has 0 heterocycles. The van der Waals surface area contributed by atoms with Gasteiger partial charge in [0, 0.05) is 11.6 Å². The van der Waals surface area contributed by atoms with Gasteiger partial charge in [-0.1, -0.05) is 24.3 Å². The van der Waals surface area contributed by atoms with Gasteiger partial charge in [0.1, 0.15) is 11.5 Å². The summed E-state index contributed by atoms with van der Waals surface area (Å²) in [6.07, 6.45) is 6.59. The van der Waals surface area contributed by atoms with Crippen LogP contribution in [0, 0.1) is 5.92 Å².